The van der Waals surface area contributed by atoms with Crippen molar-refractivity contribution < 1.29 is 31.1 Å². The highest BCUT2D eigenvalue weighted by Crippen LogP contribution is 2.57. The van der Waals surface area contributed by atoms with Crippen molar-refractivity contribution in [1.82, 2.24) is 14.7 Å². The van der Waals surface area contributed by atoms with E-state index in [2.05, 4.69) is 10.00 Å². The van der Waals surface area contributed by atoms with Crippen molar-refractivity contribution in [2.24, 2.45) is 17.3 Å². The maximum absolute atomic E-state index is 14.1. The van der Waals surface area contributed by atoms with Crippen LogP contribution in [0.25, 0.3) is 0 Å². The molecule has 4 aliphatic carbocycles. The molecule has 242 valence electrons. The molecule has 4 unspecified atom stereocenters. The number of nitrogens with zero attached hydrogens (tertiary/aromatic N) is 3. The van der Waals surface area contributed by atoms with Gasteiger partial charge in [-0.1, -0.05) is 24.1 Å². The van der Waals surface area contributed by atoms with E-state index in [1.54, 1.807) is 17.7 Å². The van der Waals surface area contributed by atoms with Gasteiger partial charge in [0.2, 0.25) is 0 Å². The normalized spacial score (nSPS) is 30.9. The number of aryl methyl sites for hydroxylation is 1. The Balaban J connectivity index is 1.07. The molecule has 4 nitrogen and oxygen atoms in total. The zero-order valence-electron chi connectivity index (χ0n) is 25.5. The van der Waals surface area contributed by atoms with Crippen LogP contribution in [0.4, 0.5) is 26.3 Å². The molecule has 0 spiro atoms. The first-order chi connectivity index (χ1) is 20.8. The number of alkyl halides is 6. The zero-order chi connectivity index (χ0) is 31.3. The first-order valence-corrected chi connectivity index (χ1v) is 16.4. The molecule has 1 aliphatic heterocycles. The van der Waals surface area contributed by atoms with Crippen molar-refractivity contribution in [3.63, 3.8) is 0 Å². The number of aromatic nitrogens is 2. The number of hydrogen-bond acceptors (Lipinski definition) is 3. The highest BCUT2D eigenvalue weighted by Gasteiger charge is 2.55. The largest absolute Gasteiger partial charge is 0.435 e. The van der Waals surface area contributed by atoms with Gasteiger partial charge in [-0.15, -0.1) is 0 Å². The lowest BCUT2D eigenvalue weighted by molar-refractivity contribution is -0.141. The van der Waals surface area contributed by atoms with Gasteiger partial charge in [0, 0.05) is 36.7 Å². The van der Waals surface area contributed by atoms with Gasteiger partial charge in [0.25, 0.3) is 0 Å². The van der Waals surface area contributed by atoms with Crippen LogP contribution in [0.15, 0.2) is 41.0 Å². The quantitative estimate of drug-likeness (QED) is 0.307. The summed E-state index contributed by atoms with van der Waals surface area (Å²) in [5.41, 5.74) is 0.744. The Hall–Kier alpha value is -2.36. The van der Waals surface area contributed by atoms with E-state index in [9.17, 15) is 31.1 Å². The summed E-state index contributed by atoms with van der Waals surface area (Å²) in [6, 6.07) is 1.37. The number of halogens is 6. The second kappa shape index (κ2) is 12.1. The predicted molar refractivity (Wildman–Crippen MR) is 156 cm³/mol. The second-order valence-corrected chi connectivity index (χ2v) is 14.0. The lowest BCUT2D eigenvalue weighted by atomic mass is 9.73. The average Bonchev–Trinajstić information content (AvgIpc) is 3.60. The minimum atomic E-state index is -4.45. The minimum Gasteiger partial charge on any atom is -0.300 e. The number of hydrogen-bond donors (Lipinski definition) is 0. The van der Waals surface area contributed by atoms with E-state index < -0.39 is 23.6 Å². The molecule has 0 aromatic carbocycles. The lowest BCUT2D eigenvalue weighted by Crippen LogP contribution is -2.42. The molecule has 2 saturated carbocycles. The van der Waals surface area contributed by atoms with Gasteiger partial charge in [0.1, 0.15) is 5.78 Å². The van der Waals surface area contributed by atoms with E-state index >= 15 is 0 Å². The number of likely N-dealkylation sites (tertiary alicyclic amines) is 1. The Morgan fingerprint density at radius 1 is 0.977 bits per heavy atom. The van der Waals surface area contributed by atoms with Gasteiger partial charge in [-0.2, -0.15) is 31.4 Å². The number of Topliss-reactive ketones (excluding diaryl/α,β-unsaturated/α-hetero) is 1. The molecule has 10 heteroatoms. The number of carbonyl (C=O) groups is 1. The fourth-order valence-electron chi connectivity index (χ4n) is 9.07. The Labute approximate surface area is 255 Å². The van der Waals surface area contributed by atoms with Gasteiger partial charge < -0.3 is 4.90 Å². The van der Waals surface area contributed by atoms with Crippen molar-refractivity contribution in [2.75, 3.05) is 13.1 Å². The number of allylic oxidation sites excluding steroid dienone is 6. The van der Waals surface area contributed by atoms with E-state index in [1.165, 1.54) is 12.2 Å². The molecule has 0 radical (unpaired) electrons. The molecule has 44 heavy (non-hydrogen) atoms. The maximum atomic E-state index is 14.1. The molecule has 1 aromatic rings. The molecule has 0 amide bonds. The third-order valence-electron chi connectivity index (χ3n) is 11.4. The van der Waals surface area contributed by atoms with Gasteiger partial charge in [-0.05, 0) is 114 Å². The van der Waals surface area contributed by atoms with Crippen LogP contribution in [0.5, 0.6) is 0 Å². The highest BCUT2D eigenvalue weighted by molar-refractivity contribution is 5.86. The zero-order valence-corrected chi connectivity index (χ0v) is 25.5. The number of ketones is 1. The van der Waals surface area contributed by atoms with Crippen LogP contribution in [-0.4, -0.2) is 45.8 Å². The maximum Gasteiger partial charge on any atom is 0.435 e. The summed E-state index contributed by atoms with van der Waals surface area (Å²) in [5, 5.41) is 3.89. The Bertz CT molecular complexity index is 1330. The van der Waals surface area contributed by atoms with Crippen LogP contribution in [0, 0.1) is 24.2 Å². The van der Waals surface area contributed by atoms with Gasteiger partial charge in [-0.25, -0.2) is 0 Å². The standard InChI is InChI=1S/C34H43F6N3O/c1-22-17-30(34(38,39)40)41-43(22)28-12-15-42(16-13-28)29-20-26-7-4-14-32(26,21-29)31(44)18-23-8-10-24-5-2-3-6-27(33(35,36)37)19-25(24)11-9-23/h3,6,17,19,23,26,28-29H,2,4-5,7-16,18,20-21H2,1H3. The topological polar surface area (TPSA) is 38.1 Å². The van der Waals surface area contributed by atoms with Gasteiger partial charge in [0.15, 0.2) is 5.69 Å². The van der Waals surface area contributed by atoms with Crippen LogP contribution in [0.2, 0.25) is 0 Å². The summed E-state index contributed by atoms with van der Waals surface area (Å²) >= 11 is 0. The lowest BCUT2D eigenvalue weighted by Gasteiger charge is -2.37. The highest BCUT2D eigenvalue weighted by atomic mass is 19.4. The molecule has 1 saturated heterocycles. The van der Waals surface area contributed by atoms with E-state index in [0.717, 1.165) is 101 Å². The monoisotopic (exact) mass is 623 g/mol. The molecular formula is C34H43F6N3O. The number of carbonyl (C=O) groups excluding carboxylic acids is 1. The first kappa shape index (κ1) is 31.6. The van der Waals surface area contributed by atoms with Crippen LogP contribution < -0.4 is 0 Å². The van der Waals surface area contributed by atoms with Crippen LogP contribution in [0.1, 0.15) is 107 Å². The van der Waals surface area contributed by atoms with Crippen molar-refractivity contribution >= 4 is 5.78 Å². The van der Waals surface area contributed by atoms with Crippen molar-refractivity contribution in [1.29, 1.82) is 0 Å². The Kier molecular flexibility index (Phi) is 8.70. The third-order valence-corrected chi connectivity index (χ3v) is 11.4. The first-order valence-electron chi connectivity index (χ1n) is 16.4. The molecule has 1 aromatic heterocycles. The summed E-state index contributed by atoms with van der Waals surface area (Å²) in [5.74, 6) is 0.917. The van der Waals surface area contributed by atoms with Crippen molar-refractivity contribution in [2.45, 2.75) is 121 Å². The molecule has 0 bridgehead atoms. The van der Waals surface area contributed by atoms with Crippen LogP contribution >= 0.6 is 0 Å². The number of piperidine rings is 1. The predicted octanol–water partition coefficient (Wildman–Crippen LogP) is 9.08. The Morgan fingerprint density at radius 2 is 1.73 bits per heavy atom. The molecular weight excluding hydrogens is 580 g/mol. The summed E-state index contributed by atoms with van der Waals surface area (Å²) in [7, 11) is 0. The third kappa shape index (κ3) is 6.34. The fraction of sp³-hybridized carbons (Fsp3) is 0.706. The smallest absolute Gasteiger partial charge is 0.300 e. The Morgan fingerprint density at radius 3 is 2.43 bits per heavy atom. The number of fused-ring (bicyclic) bond motifs is 1. The molecule has 0 N–H and O–H groups in total. The van der Waals surface area contributed by atoms with E-state index in [0.29, 0.717) is 42.7 Å². The average molecular weight is 624 g/mol. The van der Waals surface area contributed by atoms with Crippen molar-refractivity contribution in [3.05, 3.63) is 52.4 Å². The van der Waals surface area contributed by atoms with E-state index in [1.807, 2.05) is 0 Å². The second-order valence-electron chi connectivity index (χ2n) is 14.0. The van der Waals surface area contributed by atoms with Crippen molar-refractivity contribution in [3.8, 4) is 0 Å². The van der Waals surface area contributed by atoms with Gasteiger partial charge in [-0.3, -0.25) is 9.48 Å². The molecule has 5 aliphatic rings. The molecule has 6 rings (SSSR count). The van der Waals surface area contributed by atoms with E-state index in [-0.39, 0.29) is 17.4 Å². The number of rotatable bonds is 5. The summed E-state index contributed by atoms with van der Waals surface area (Å²) in [4.78, 5) is 16.6. The van der Waals surface area contributed by atoms with Crippen LogP contribution in [0.3, 0.4) is 0 Å². The van der Waals surface area contributed by atoms with Gasteiger partial charge >= 0.3 is 12.4 Å². The van der Waals surface area contributed by atoms with Crippen LogP contribution in [-0.2, 0) is 11.0 Å². The minimum absolute atomic E-state index is 0.0556. The summed E-state index contributed by atoms with van der Waals surface area (Å²) < 4.78 is 81.8. The summed E-state index contributed by atoms with van der Waals surface area (Å²) in [6.07, 6.45) is 6.56. The molecule has 4 atom stereocenters. The molecule has 2 heterocycles. The summed E-state index contributed by atoms with van der Waals surface area (Å²) in [6.45, 7) is 3.25. The van der Waals surface area contributed by atoms with E-state index in [4.69, 9.17) is 0 Å². The van der Waals surface area contributed by atoms with Gasteiger partial charge in [0.05, 0.1) is 11.6 Å². The molecule has 3 fully saturated rings. The SMILES string of the molecule is Cc1cc(C(F)(F)F)nn1C1CCN(C2CC3CCCC3(C(=O)CC3CCC4=C(CCC=CC(C(F)(F)F)=C4)CC3)C2)CC1. The fourth-order valence-corrected chi connectivity index (χ4v) is 9.07.